The topological polar surface area (TPSA) is 12.0 Å². The van der Waals surface area contributed by atoms with Crippen LogP contribution in [0.4, 0.5) is 5.69 Å². The van der Waals surface area contributed by atoms with Crippen molar-refractivity contribution in [1.82, 2.24) is 0 Å². The summed E-state index contributed by atoms with van der Waals surface area (Å²) >= 11 is 16.2. The van der Waals surface area contributed by atoms with Crippen LogP contribution in [0.3, 0.4) is 0 Å². The lowest BCUT2D eigenvalue weighted by Crippen LogP contribution is -1.93. The third-order valence-corrected chi connectivity index (χ3v) is 1.91. The van der Waals surface area contributed by atoms with E-state index in [0.717, 1.165) is 0 Å². The highest BCUT2D eigenvalue weighted by atomic mass is 35.5. The molecule has 0 aliphatic heterocycles. The zero-order valence-corrected chi connectivity index (χ0v) is 7.80. The van der Waals surface area contributed by atoms with Crippen LogP contribution < -0.4 is 5.32 Å². The molecule has 0 amide bonds. The van der Waals surface area contributed by atoms with Crippen molar-refractivity contribution in [2.24, 2.45) is 0 Å². The number of hydrogen-bond donors (Lipinski definition) is 1. The van der Waals surface area contributed by atoms with Gasteiger partial charge in [-0.3, -0.25) is 0 Å². The van der Waals surface area contributed by atoms with Gasteiger partial charge in [0.05, 0.1) is 21.2 Å². The number of benzene rings is 1. The molecule has 0 aliphatic carbocycles. The Morgan fingerprint density at radius 2 is 1.82 bits per heavy atom. The van der Waals surface area contributed by atoms with E-state index in [9.17, 15) is 0 Å². The lowest BCUT2D eigenvalue weighted by molar-refractivity contribution is 1.66. The second-order valence-electron chi connectivity index (χ2n) is 1.86. The maximum atomic E-state index is 5.80. The zero-order chi connectivity index (χ0) is 8.27. The highest BCUT2D eigenvalue weighted by Crippen LogP contribution is 2.28. The molecule has 0 bridgehead atoms. The monoisotopic (exact) mass is 205 g/mol. The first-order chi connectivity index (χ1) is 5.25. The van der Waals surface area contributed by atoms with Crippen LogP contribution in [0.5, 0.6) is 0 Å². The van der Waals surface area contributed by atoms with Gasteiger partial charge in [0.15, 0.2) is 0 Å². The molecule has 58 valence electrons. The van der Waals surface area contributed by atoms with Crippen LogP contribution in [-0.2, 0) is 0 Å². The Hall–Kier alpha value is -0.310. The van der Waals surface area contributed by atoms with Crippen LogP contribution in [0.2, 0.25) is 10.0 Å². The van der Waals surface area contributed by atoms with E-state index in [-0.39, 0.29) is 0 Å². The Balaban J connectivity index is 3.09. The molecule has 11 heavy (non-hydrogen) atoms. The smallest absolute Gasteiger partial charge is 0.0764 e. The van der Waals surface area contributed by atoms with Gasteiger partial charge in [-0.15, -0.1) is 0 Å². The van der Waals surface area contributed by atoms with Gasteiger partial charge >= 0.3 is 0 Å². The van der Waals surface area contributed by atoms with Crippen molar-refractivity contribution < 1.29 is 0 Å². The second kappa shape index (κ2) is 3.90. The molecule has 0 saturated carbocycles. The first kappa shape index (κ1) is 8.78. The van der Waals surface area contributed by atoms with E-state index in [1.54, 1.807) is 18.2 Å². The Morgan fingerprint density at radius 1 is 1.27 bits per heavy atom. The van der Waals surface area contributed by atoms with Gasteiger partial charge in [0.1, 0.15) is 0 Å². The zero-order valence-electron chi connectivity index (χ0n) is 5.47. The predicted octanol–water partition coefficient (Wildman–Crippen LogP) is 3.36. The fraction of sp³-hybridized carbons (Fsp3) is 0. The van der Waals surface area contributed by atoms with Gasteiger partial charge in [-0.05, 0) is 12.1 Å². The van der Waals surface area contributed by atoms with Crippen molar-refractivity contribution in [2.75, 3.05) is 5.32 Å². The van der Waals surface area contributed by atoms with Crippen LogP contribution in [0, 0.1) is 0 Å². The van der Waals surface area contributed by atoms with Crippen molar-refractivity contribution >= 4 is 46.6 Å². The molecule has 0 aliphatic rings. The first-order valence-electron chi connectivity index (χ1n) is 2.90. The number of rotatable bonds is 2. The lowest BCUT2D eigenvalue weighted by atomic mass is 10.3. The van der Waals surface area contributed by atoms with Crippen LogP contribution >= 0.6 is 35.4 Å². The minimum absolute atomic E-state index is 0.568. The van der Waals surface area contributed by atoms with Crippen LogP contribution in [-0.4, -0.2) is 5.49 Å². The van der Waals surface area contributed by atoms with Gasteiger partial charge in [0, 0.05) is 0 Å². The molecule has 1 N–H and O–H groups in total. The highest BCUT2D eigenvalue weighted by molar-refractivity contribution is 7.79. The summed E-state index contributed by atoms with van der Waals surface area (Å²) in [7, 11) is 0. The Labute approximate surface area is 80.3 Å². The highest BCUT2D eigenvalue weighted by Gasteiger charge is 2.01. The molecule has 0 fully saturated rings. The van der Waals surface area contributed by atoms with E-state index in [0.29, 0.717) is 15.7 Å². The van der Waals surface area contributed by atoms with E-state index >= 15 is 0 Å². The van der Waals surface area contributed by atoms with E-state index in [2.05, 4.69) is 17.5 Å². The maximum absolute atomic E-state index is 5.80. The normalized spacial score (nSPS) is 9.27. The number of thiocarbonyl (C=S) groups is 1. The van der Waals surface area contributed by atoms with Crippen molar-refractivity contribution in [3.8, 4) is 0 Å². The summed E-state index contributed by atoms with van der Waals surface area (Å²) < 4.78 is 0. The van der Waals surface area contributed by atoms with Crippen molar-refractivity contribution in [3.63, 3.8) is 0 Å². The minimum atomic E-state index is 0.568. The molecule has 0 heterocycles. The van der Waals surface area contributed by atoms with Gasteiger partial charge in [-0.25, -0.2) is 0 Å². The molecule has 0 radical (unpaired) electrons. The number of nitrogens with one attached hydrogen (secondary N) is 1. The fourth-order valence-corrected chi connectivity index (χ4v) is 1.32. The Morgan fingerprint density at radius 3 is 2.27 bits per heavy atom. The molecule has 1 aromatic carbocycles. The van der Waals surface area contributed by atoms with Gasteiger partial charge in [-0.1, -0.05) is 41.5 Å². The molecule has 0 saturated heterocycles. The largest absolute Gasteiger partial charge is 0.350 e. The van der Waals surface area contributed by atoms with Gasteiger partial charge < -0.3 is 5.32 Å². The second-order valence-corrected chi connectivity index (χ2v) is 2.91. The first-order valence-corrected chi connectivity index (χ1v) is 4.12. The Bertz CT molecular complexity index is 255. The summed E-state index contributed by atoms with van der Waals surface area (Å²) in [5.41, 5.74) is 2.03. The molecular formula is C7H5Cl2NS. The molecule has 1 nitrogen and oxygen atoms in total. The van der Waals surface area contributed by atoms with E-state index in [1.165, 1.54) is 5.49 Å². The molecule has 0 spiro atoms. The summed E-state index contributed by atoms with van der Waals surface area (Å²) in [6, 6.07) is 5.27. The lowest BCUT2D eigenvalue weighted by Gasteiger charge is -2.03. The molecule has 0 atom stereocenters. The van der Waals surface area contributed by atoms with E-state index in [1.807, 2.05) is 0 Å². The van der Waals surface area contributed by atoms with Gasteiger partial charge in [0.25, 0.3) is 0 Å². The number of anilines is 1. The summed E-state index contributed by atoms with van der Waals surface area (Å²) in [4.78, 5) is 0. The van der Waals surface area contributed by atoms with E-state index in [4.69, 9.17) is 23.2 Å². The third-order valence-electron chi connectivity index (χ3n) is 1.17. The van der Waals surface area contributed by atoms with E-state index < -0.39 is 0 Å². The average Bonchev–Trinajstić information content (AvgIpc) is 1.97. The summed E-state index contributed by atoms with van der Waals surface area (Å²) in [5.74, 6) is 0. The van der Waals surface area contributed by atoms with Gasteiger partial charge in [-0.2, -0.15) is 0 Å². The quantitative estimate of drug-likeness (QED) is 0.744. The predicted molar refractivity (Wildman–Crippen MR) is 53.7 cm³/mol. The number of halogens is 2. The van der Waals surface area contributed by atoms with Gasteiger partial charge in [0.2, 0.25) is 0 Å². The standard InChI is InChI=1S/C7H5Cl2NS/c8-5-2-1-3-6(9)7(5)10-4-11/h1-4H,(H,10,11). The maximum Gasteiger partial charge on any atom is 0.0764 e. The Kier molecular flexibility index (Phi) is 3.12. The molecule has 1 aromatic rings. The molecule has 4 heteroatoms. The fourth-order valence-electron chi connectivity index (χ4n) is 0.695. The molecule has 0 aromatic heterocycles. The summed E-state index contributed by atoms with van der Waals surface area (Å²) in [5, 5.41) is 3.91. The van der Waals surface area contributed by atoms with Crippen LogP contribution in [0.15, 0.2) is 18.2 Å². The van der Waals surface area contributed by atoms with Crippen molar-refractivity contribution in [3.05, 3.63) is 28.2 Å². The SMILES string of the molecule is S=CNc1c(Cl)cccc1Cl. The van der Waals surface area contributed by atoms with Crippen LogP contribution in [0.1, 0.15) is 0 Å². The molecular weight excluding hydrogens is 201 g/mol. The number of para-hydroxylation sites is 1. The summed E-state index contributed by atoms with van der Waals surface area (Å²) in [6.45, 7) is 0. The van der Waals surface area contributed by atoms with Crippen molar-refractivity contribution in [1.29, 1.82) is 0 Å². The minimum Gasteiger partial charge on any atom is -0.350 e. The number of hydrogen-bond acceptors (Lipinski definition) is 1. The van der Waals surface area contributed by atoms with Crippen molar-refractivity contribution in [2.45, 2.75) is 0 Å². The third kappa shape index (κ3) is 2.06. The summed E-state index contributed by atoms with van der Waals surface area (Å²) in [6.07, 6.45) is 0. The average molecular weight is 206 g/mol. The molecule has 0 unspecified atom stereocenters. The molecule has 1 rings (SSSR count). The van der Waals surface area contributed by atoms with Crippen LogP contribution in [0.25, 0.3) is 0 Å².